The average Bonchev–Trinajstić information content (AvgIpc) is 2.44. The molecule has 0 aliphatic carbocycles. The van der Waals surface area contributed by atoms with Gasteiger partial charge in [-0.2, -0.15) is 0 Å². The van der Waals surface area contributed by atoms with Crippen molar-refractivity contribution in [1.82, 2.24) is 0 Å². The smallest absolute Gasteiger partial charge is 0.104 e. The minimum atomic E-state index is -2.41. The van der Waals surface area contributed by atoms with Crippen LogP contribution in [0.25, 0.3) is 0 Å². The molecule has 2 rings (SSSR count). The summed E-state index contributed by atoms with van der Waals surface area (Å²) in [6.45, 7) is 0. The Kier molecular flexibility index (Phi) is 1.25. The number of benzene rings is 2. The summed E-state index contributed by atoms with van der Waals surface area (Å²) in [6, 6.07) is 5.00. The Hall–Kier alpha value is -1.60. The van der Waals surface area contributed by atoms with Gasteiger partial charge < -0.3 is 5.11 Å². The van der Waals surface area contributed by atoms with Gasteiger partial charge >= 0.3 is 0 Å². The van der Waals surface area contributed by atoms with Crippen LogP contribution < -0.4 is 0 Å². The fourth-order valence-corrected chi connectivity index (χ4v) is 1.11. The molecule has 0 aliphatic heterocycles. The average molecular weight is 190 g/mol. The van der Waals surface area contributed by atoms with Crippen LogP contribution in [-0.2, 0) is 0 Å². The molecule has 0 saturated carbocycles. The van der Waals surface area contributed by atoms with Gasteiger partial charge in [-0.25, -0.2) is 0 Å². The van der Waals surface area contributed by atoms with E-state index in [1.807, 2.05) is 0 Å². The van der Waals surface area contributed by atoms with E-state index in [2.05, 4.69) is 0 Å². The Morgan fingerprint density at radius 2 is 1.64 bits per heavy atom. The molecule has 1 N–H and O–H groups in total. The van der Waals surface area contributed by atoms with Gasteiger partial charge in [0.25, 0.3) is 0 Å². The molecule has 14 heavy (non-hydrogen) atoms. The van der Waals surface area contributed by atoms with Gasteiger partial charge in [0.15, 0.2) is 0 Å². The van der Waals surface area contributed by atoms with Crippen molar-refractivity contribution >= 4 is 0 Å². The molecule has 1 unspecified atom stereocenters. The van der Waals surface area contributed by atoms with Crippen molar-refractivity contribution in [2.45, 2.75) is 6.08 Å². The highest BCUT2D eigenvalue weighted by atomic mass is 16.3. The van der Waals surface area contributed by atoms with Gasteiger partial charge in [-0.05, 0) is 11.1 Å². The molecule has 0 fully saturated rings. The molecule has 2 aromatic rings. The maximum Gasteiger partial charge on any atom is 0.104 e. The topological polar surface area (TPSA) is 20.2 Å². The van der Waals surface area contributed by atoms with E-state index in [0.717, 1.165) is 0 Å². The Labute approximate surface area is 92.1 Å². The molecule has 0 aliphatic rings. The molecule has 0 saturated heterocycles. The summed E-state index contributed by atoms with van der Waals surface area (Å²) >= 11 is 0. The van der Waals surface area contributed by atoms with E-state index < -0.39 is 41.9 Å². The van der Waals surface area contributed by atoms with Crippen LogP contribution in [0.2, 0.25) is 0 Å². The third kappa shape index (κ3) is 1.83. The zero-order valence-electron chi connectivity index (χ0n) is 13.3. The van der Waals surface area contributed by atoms with Crippen LogP contribution in [0.5, 0.6) is 0 Å². The summed E-state index contributed by atoms with van der Waals surface area (Å²) in [6.07, 6.45) is -2.41. The van der Waals surface area contributed by atoms with Crippen molar-refractivity contribution in [1.29, 1.82) is 0 Å². The van der Waals surface area contributed by atoms with Crippen LogP contribution >= 0.6 is 0 Å². The standard InChI is InChI=1S/C13H12O/c14-13(11-7-3-1-4-8-11)12-9-5-2-6-10-12/h1-10,13-14H/i1D,3D,4D,7D,8D,13D. The summed E-state index contributed by atoms with van der Waals surface area (Å²) in [5, 5.41) is 10.4. The molecule has 1 nitrogen and oxygen atoms in total. The largest absolute Gasteiger partial charge is 0.384 e. The first kappa shape index (κ1) is 4.28. The minimum absolute atomic E-state index is 0.138. The van der Waals surface area contributed by atoms with E-state index in [4.69, 9.17) is 8.22 Å². The zero-order chi connectivity index (χ0) is 15.1. The quantitative estimate of drug-likeness (QED) is 0.772. The van der Waals surface area contributed by atoms with Crippen molar-refractivity contribution < 1.29 is 13.3 Å². The molecular formula is C13H12O. The molecule has 70 valence electrons. The lowest BCUT2D eigenvalue weighted by atomic mass is 10.0. The molecule has 0 aromatic heterocycles. The SMILES string of the molecule is [2H]c1c([2H])c([2H])c(C([2H])(O)c2ccccc2)c([2H])c1[2H]. The predicted octanol–water partition coefficient (Wildman–Crippen LogP) is 2.77. The van der Waals surface area contributed by atoms with E-state index in [0.29, 0.717) is 0 Å². The maximum absolute atomic E-state index is 10.4. The predicted molar refractivity (Wildman–Crippen MR) is 56.9 cm³/mol. The van der Waals surface area contributed by atoms with Crippen molar-refractivity contribution in [2.24, 2.45) is 0 Å². The maximum atomic E-state index is 10.4. The third-order valence-electron chi connectivity index (χ3n) is 1.78. The van der Waals surface area contributed by atoms with Crippen molar-refractivity contribution in [3.8, 4) is 0 Å². The lowest BCUT2D eigenvalue weighted by Crippen LogP contribution is -1.98. The van der Waals surface area contributed by atoms with Crippen LogP contribution in [0.4, 0.5) is 0 Å². The second-order valence-corrected chi connectivity index (χ2v) is 2.71. The lowest BCUT2D eigenvalue weighted by Gasteiger charge is -2.10. The third-order valence-corrected chi connectivity index (χ3v) is 1.78. The molecule has 0 spiro atoms. The van der Waals surface area contributed by atoms with E-state index >= 15 is 0 Å². The van der Waals surface area contributed by atoms with E-state index in [-0.39, 0.29) is 5.56 Å². The van der Waals surface area contributed by atoms with Gasteiger partial charge in [-0.15, -0.1) is 0 Å². The first-order valence-electron chi connectivity index (χ1n) is 7.13. The summed E-state index contributed by atoms with van der Waals surface area (Å²) in [7, 11) is 0. The number of hydrogen-bond acceptors (Lipinski definition) is 1. The lowest BCUT2D eigenvalue weighted by molar-refractivity contribution is 0.220. The fourth-order valence-electron chi connectivity index (χ4n) is 1.11. The highest BCUT2D eigenvalue weighted by Gasteiger charge is 2.07. The Bertz CT molecular complexity index is 625. The second-order valence-electron chi connectivity index (χ2n) is 2.71. The number of hydrogen-bond donors (Lipinski definition) is 1. The van der Waals surface area contributed by atoms with Crippen LogP contribution in [0.15, 0.2) is 60.5 Å². The molecule has 1 atom stereocenters. The van der Waals surface area contributed by atoms with Crippen LogP contribution in [0.3, 0.4) is 0 Å². The van der Waals surface area contributed by atoms with Crippen LogP contribution in [0, 0.1) is 0 Å². The molecule has 0 heterocycles. The number of aliphatic hydroxyl groups is 1. The van der Waals surface area contributed by atoms with Gasteiger partial charge in [0.05, 0.1) is 8.22 Å². The number of rotatable bonds is 2. The molecule has 1 heteroatoms. The van der Waals surface area contributed by atoms with Crippen molar-refractivity contribution in [3.05, 3.63) is 71.7 Å². The first-order valence-corrected chi connectivity index (χ1v) is 4.13. The van der Waals surface area contributed by atoms with E-state index in [9.17, 15) is 5.11 Å². The van der Waals surface area contributed by atoms with Gasteiger partial charge in [0.1, 0.15) is 6.08 Å². The summed E-state index contributed by atoms with van der Waals surface area (Å²) < 4.78 is 46.3. The Morgan fingerprint density at radius 1 is 1.00 bits per heavy atom. The Balaban J connectivity index is 2.76. The van der Waals surface area contributed by atoms with Crippen molar-refractivity contribution in [2.75, 3.05) is 0 Å². The van der Waals surface area contributed by atoms with Gasteiger partial charge in [-0.1, -0.05) is 60.5 Å². The van der Waals surface area contributed by atoms with Gasteiger partial charge in [0, 0.05) is 0 Å². The fraction of sp³-hybridized carbons (Fsp3) is 0.0769. The van der Waals surface area contributed by atoms with Crippen molar-refractivity contribution in [3.63, 3.8) is 0 Å². The second kappa shape index (κ2) is 4.07. The molecule has 2 aromatic carbocycles. The molecule has 0 radical (unpaired) electrons. The molecule has 0 amide bonds. The van der Waals surface area contributed by atoms with Gasteiger partial charge in [0.2, 0.25) is 0 Å². The van der Waals surface area contributed by atoms with Crippen LogP contribution in [0.1, 0.15) is 25.4 Å². The van der Waals surface area contributed by atoms with E-state index in [1.165, 1.54) is 12.1 Å². The highest BCUT2D eigenvalue weighted by Crippen LogP contribution is 2.20. The monoisotopic (exact) mass is 190 g/mol. The molecule has 0 bridgehead atoms. The Morgan fingerprint density at radius 3 is 2.29 bits per heavy atom. The van der Waals surface area contributed by atoms with Gasteiger partial charge in [-0.3, -0.25) is 0 Å². The molecular weight excluding hydrogens is 172 g/mol. The van der Waals surface area contributed by atoms with E-state index in [1.54, 1.807) is 18.2 Å². The van der Waals surface area contributed by atoms with Crippen LogP contribution in [-0.4, -0.2) is 5.11 Å². The summed E-state index contributed by atoms with van der Waals surface area (Å²) in [4.78, 5) is 0. The normalized spacial score (nSPS) is 20.6. The highest BCUT2D eigenvalue weighted by molar-refractivity contribution is 5.29. The first-order chi connectivity index (χ1) is 9.28. The minimum Gasteiger partial charge on any atom is -0.384 e. The summed E-state index contributed by atoms with van der Waals surface area (Å²) in [5.41, 5.74) is -0.312. The zero-order valence-corrected chi connectivity index (χ0v) is 7.33. The summed E-state index contributed by atoms with van der Waals surface area (Å²) in [5.74, 6) is 0.